The van der Waals surface area contributed by atoms with Crippen molar-refractivity contribution in [3.8, 4) is 0 Å². The molecule has 2 fully saturated rings. The number of hydrogen-bond acceptors (Lipinski definition) is 4. The monoisotopic (exact) mass is 428 g/mol. The van der Waals surface area contributed by atoms with Crippen LogP contribution in [0.5, 0.6) is 0 Å². The van der Waals surface area contributed by atoms with Crippen LogP contribution in [0.4, 0.5) is 10.5 Å². The Morgan fingerprint density at radius 3 is 2.40 bits per heavy atom. The number of urea groups is 1. The smallest absolute Gasteiger partial charge is 0.317 e. The summed E-state index contributed by atoms with van der Waals surface area (Å²) < 4.78 is 5.44. The van der Waals surface area contributed by atoms with Gasteiger partial charge in [0.05, 0.1) is 13.2 Å². The molecule has 0 atom stereocenters. The predicted molar refractivity (Wildman–Crippen MR) is 120 cm³/mol. The van der Waals surface area contributed by atoms with Crippen molar-refractivity contribution >= 4 is 23.3 Å². The maximum Gasteiger partial charge on any atom is 0.317 e. The Hall–Kier alpha value is -2.28. The van der Waals surface area contributed by atoms with Crippen LogP contribution in [-0.4, -0.2) is 68.3 Å². The van der Waals surface area contributed by atoms with Gasteiger partial charge in [0.2, 0.25) is 0 Å². The third-order valence-corrected chi connectivity index (χ3v) is 6.02. The van der Waals surface area contributed by atoms with Gasteiger partial charge in [-0.05, 0) is 29.3 Å². The van der Waals surface area contributed by atoms with E-state index in [4.69, 9.17) is 16.3 Å². The Morgan fingerprint density at radius 2 is 1.67 bits per heavy atom. The highest BCUT2D eigenvalue weighted by Gasteiger charge is 2.21. The van der Waals surface area contributed by atoms with Crippen molar-refractivity contribution in [3.63, 3.8) is 0 Å². The van der Waals surface area contributed by atoms with Crippen LogP contribution in [0.15, 0.2) is 48.5 Å². The van der Waals surface area contributed by atoms with E-state index < -0.39 is 0 Å². The van der Waals surface area contributed by atoms with Crippen molar-refractivity contribution in [1.82, 2.24) is 15.1 Å². The standard InChI is InChI=1S/C23H29ClN4O2/c24-21-6-3-7-22(16-21)27-8-10-28(11-9-27)23(29)25-17-19-4-1-2-5-20(19)18-26-12-14-30-15-13-26/h1-7,16H,8-15,17-18H2,(H,25,29). The number of nitrogens with zero attached hydrogens (tertiary/aromatic N) is 3. The molecular weight excluding hydrogens is 400 g/mol. The first kappa shape index (κ1) is 21.0. The van der Waals surface area contributed by atoms with Crippen molar-refractivity contribution in [1.29, 1.82) is 0 Å². The summed E-state index contributed by atoms with van der Waals surface area (Å²) in [6, 6.07) is 16.2. The molecule has 0 bridgehead atoms. The van der Waals surface area contributed by atoms with E-state index in [1.54, 1.807) is 0 Å². The highest BCUT2D eigenvalue weighted by atomic mass is 35.5. The van der Waals surface area contributed by atoms with Crippen LogP contribution in [-0.2, 0) is 17.8 Å². The number of morpholine rings is 1. The highest BCUT2D eigenvalue weighted by Crippen LogP contribution is 2.21. The van der Waals surface area contributed by atoms with E-state index in [1.165, 1.54) is 11.1 Å². The maximum atomic E-state index is 12.7. The molecular formula is C23H29ClN4O2. The molecule has 1 N–H and O–H groups in total. The second-order valence-electron chi connectivity index (χ2n) is 7.77. The minimum absolute atomic E-state index is 0.00178. The summed E-state index contributed by atoms with van der Waals surface area (Å²) >= 11 is 6.11. The van der Waals surface area contributed by atoms with E-state index in [2.05, 4.69) is 39.4 Å². The third-order valence-electron chi connectivity index (χ3n) is 5.79. The maximum absolute atomic E-state index is 12.7. The van der Waals surface area contributed by atoms with Crippen LogP contribution in [0, 0.1) is 0 Å². The van der Waals surface area contributed by atoms with E-state index in [9.17, 15) is 4.79 Å². The number of carbonyl (C=O) groups is 1. The molecule has 6 nitrogen and oxygen atoms in total. The van der Waals surface area contributed by atoms with E-state index in [1.807, 2.05) is 29.2 Å². The number of rotatable bonds is 5. The molecule has 0 aliphatic carbocycles. The van der Waals surface area contributed by atoms with Crippen molar-refractivity contribution in [2.24, 2.45) is 0 Å². The summed E-state index contributed by atoms with van der Waals surface area (Å²) in [7, 11) is 0. The zero-order valence-corrected chi connectivity index (χ0v) is 18.0. The number of hydrogen-bond donors (Lipinski definition) is 1. The molecule has 0 saturated carbocycles. The van der Waals surface area contributed by atoms with Crippen LogP contribution in [0.1, 0.15) is 11.1 Å². The molecule has 2 aromatic rings. The fourth-order valence-electron chi connectivity index (χ4n) is 4.01. The SMILES string of the molecule is O=C(NCc1ccccc1CN1CCOCC1)N1CCN(c2cccc(Cl)c2)CC1. The molecule has 30 heavy (non-hydrogen) atoms. The minimum Gasteiger partial charge on any atom is -0.379 e. The Labute approximate surface area is 183 Å². The summed E-state index contributed by atoms with van der Waals surface area (Å²) in [4.78, 5) is 19.3. The summed E-state index contributed by atoms with van der Waals surface area (Å²) in [6.45, 7) is 7.96. The van der Waals surface area contributed by atoms with Gasteiger partial charge in [-0.3, -0.25) is 4.90 Å². The largest absolute Gasteiger partial charge is 0.379 e. The quantitative estimate of drug-likeness (QED) is 0.794. The number of amides is 2. The molecule has 0 aromatic heterocycles. The third kappa shape index (κ3) is 5.45. The number of carbonyl (C=O) groups excluding carboxylic acids is 1. The fraction of sp³-hybridized carbons (Fsp3) is 0.435. The Balaban J connectivity index is 1.28. The first-order valence-corrected chi connectivity index (χ1v) is 11.0. The van der Waals surface area contributed by atoms with E-state index in [-0.39, 0.29) is 6.03 Å². The van der Waals surface area contributed by atoms with Gasteiger partial charge in [0, 0.05) is 63.1 Å². The van der Waals surface area contributed by atoms with Crippen LogP contribution < -0.4 is 10.2 Å². The molecule has 2 aromatic carbocycles. The van der Waals surface area contributed by atoms with Gasteiger partial charge in [0.25, 0.3) is 0 Å². The first-order valence-electron chi connectivity index (χ1n) is 10.6. The normalized spacial score (nSPS) is 17.8. The zero-order valence-electron chi connectivity index (χ0n) is 17.2. The lowest BCUT2D eigenvalue weighted by atomic mass is 10.1. The van der Waals surface area contributed by atoms with Crippen LogP contribution in [0.3, 0.4) is 0 Å². The van der Waals surface area contributed by atoms with Crippen molar-refractivity contribution in [2.45, 2.75) is 13.1 Å². The summed E-state index contributed by atoms with van der Waals surface area (Å²) in [5, 5.41) is 3.85. The van der Waals surface area contributed by atoms with Crippen molar-refractivity contribution in [3.05, 3.63) is 64.7 Å². The lowest BCUT2D eigenvalue weighted by Gasteiger charge is -2.36. The number of halogens is 1. The van der Waals surface area contributed by atoms with Crippen LogP contribution >= 0.6 is 11.6 Å². The average Bonchev–Trinajstić information content (AvgIpc) is 2.79. The Kier molecular flexibility index (Phi) is 7.10. The summed E-state index contributed by atoms with van der Waals surface area (Å²) in [6.07, 6.45) is 0. The van der Waals surface area contributed by atoms with Gasteiger partial charge < -0.3 is 19.9 Å². The Bertz CT molecular complexity index is 849. The van der Waals surface area contributed by atoms with Gasteiger partial charge in [-0.1, -0.05) is 41.9 Å². The Morgan fingerprint density at radius 1 is 0.933 bits per heavy atom. The van der Waals surface area contributed by atoms with Gasteiger partial charge in [-0.2, -0.15) is 0 Å². The lowest BCUT2D eigenvalue weighted by molar-refractivity contribution is 0.0341. The number of ether oxygens (including phenoxy) is 1. The van der Waals surface area contributed by atoms with Gasteiger partial charge in [0.1, 0.15) is 0 Å². The number of piperazine rings is 1. The van der Waals surface area contributed by atoms with Gasteiger partial charge in [0.15, 0.2) is 0 Å². The van der Waals surface area contributed by atoms with Crippen LogP contribution in [0.2, 0.25) is 5.02 Å². The fourth-order valence-corrected chi connectivity index (χ4v) is 4.19. The number of anilines is 1. The molecule has 0 spiro atoms. The summed E-state index contributed by atoms with van der Waals surface area (Å²) in [5.74, 6) is 0. The van der Waals surface area contributed by atoms with Crippen molar-refractivity contribution < 1.29 is 9.53 Å². The molecule has 2 amide bonds. The predicted octanol–water partition coefficient (Wildman–Crippen LogP) is 3.20. The molecule has 4 rings (SSSR count). The second-order valence-corrected chi connectivity index (χ2v) is 8.21. The van der Waals surface area contributed by atoms with Crippen molar-refractivity contribution in [2.75, 3.05) is 57.4 Å². The second kappa shape index (κ2) is 10.2. The molecule has 0 unspecified atom stereocenters. The molecule has 2 heterocycles. The van der Waals surface area contributed by atoms with Gasteiger partial charge in [-0.25, -0.2) is 4.79 Å². The zero-order chi connectivity index (χ0) is 20.8. The van der Waals surface area contributed by atoms with Gasteiger partial charge >= 0.3 is 6.03 Å². The molecule has 0 radical (unpaired) electrons. The topological polar surface area (TPSA) is 48.1 Å². The summed E-state index contributed by atoms with van der Waals surface area (Å²) in [5.41, 5.74) is 3.56. The molecule has 7 heteroatoms. The lowest BCUT2D eigenvalue weighted by Crippen LogP contribution is -2.51. The van der Waals surface area contributed by atoms with Gasteiger partial charge in [-0.15, -0.1) is 0 Å². The van der Waals surface area contributed by atoms with Crippen LogP contribution in [0.25, 0.3) is 0 Å². The van der Waals surface area contributed by atoms with E-state index >= 15 is 0 Å². The van der Waals surface area contributed by atoms with E-state index in [0.29, 0.717) is 19.6 Å². The first-order chi connectivity index (χ1) is 14.7. The average molecular weight is 429 g/mol. The van der Waals surface area contributed by atoms with E-state index in [0.717, 1.165) is 56.6 Å². The molecule has 2 aliphatic heterocycles. The molecule has 2 aliphatic rings. The minimum atomic E-state index is 0.00178. The highest BCUT2D eigenvalue weighted by molar-refractivity contribution is 6.30. The number of benzene rings is 2. The molecule has 160 valence electrons. The molecule has 2 saturated heterocycles. The number of nitrogens with one attached hydrogen (secondary N) is 1.